The SMILES string of the molecule is COc1cc(OC)c([C@@H]2C(C#N)=C(N)Oc3cc(C)n(CCCN4CCOCC4)c(=O)c32)cc1OC. The highest BCUT2D eigenvalue weighted by Crippen LogP contribution is 2.46. The number of hydrogen-bond acceptors (Lipinski definition) is 9. The monoisotopic (exact) mass is 496 g/mol. The van der Waals surface area contributed by atoms with Crippen molar-refractivity contribution < 1.29 is 23.7 Å². The molecule has 10 heteroatoms. The largest absolute Gasteiger partial charge is 0.496 e. The molecule has 0 unspecified atom stereocenters. The number of methoxy groups -OCH3 is 3. The molecular weight excluding hydrogens is 464 g/mol. The van der Waals surface area contributed by atoms with Gasteiger partial charge in [-0.05, 0) is 19.4 Å². The lowest BCUT2D eigenvalue weighted by atomic mass is 9.83. The summed E-state index contributed by atoms with van der Waals surface area (Å²) in [5.41, 5.74) is 7.72. The lowest BCUT2D eigenvalue weighted by Crippen LogP contribution is -2.38. The number of fused-ring (bicyclic) bond motifs is 1. The number of nitrogens with two attached hydrogens (primary N) is 1. The fourth-order valence-corrected chi connectivity index (χ4v) is 4.83. The Bertz CT molecular complexity index is 1260. The van der Waals surface area contributed by atoms with Gasteiger partial charge in [0.2, 0.25) is 5.88 Å². The van der Waals surface area contributed by atoms with Crippen LogP contribution in [-0.4, -0.2) is 63.6 Å². The number of nitrogens with zero attached hydrogens (tertiary/aromatic N) is 3. The number of allylic oxidation sites excluding steroid dienone is 1. The molecule has 2 N–H and O–H groups in total. The molecule has 1 aromatic carbocycles. The first kappa shape index (κ1) is 25.4. The molecule has 1 fully saturated rings. The quantitative estimate of drug-likeness (QED) is 0.586. The van der Waals surface area contributed by atoms with Crippen LogP contribution >= 0.6 is 0 Å². The zero-order chi connectivity index (χ0) is 25.8. The molecule has 0 radical (unpaired) electrons. The molecule has 1 aromatic heterocycles. The van der Waals surface area contributed by atoms with Crippen LogP contribution in [0.25, 0.3) is 0 Å². The minimum atomic E-state index is -0.799. The molecule has 0 amide bonds. The van der Waals surface area contributed by atoms with Gasteiger partial charge in [0.1, 0.15) is 23.1 Å². The summed E-state index contributed by atoms with van der Waals surface area (Å²) in [5.74, 6) is 0.827. The highest BCUT2D eigenvalue weighted by Gasteiger charge is 2.36. The molecule has 2 aromatic rings. The summed E-state index contributed by atoms with van der Waals surface area (Å²) in [6.45, 7) is 6.51. The molecule has 0 saturated carbocycles. The molecule has 2 aliphatic heterocycles. The maximum absolute atomic E-state index is 13.9. The standard InChI is InChI=1S/C26H32N4O6/c1-16-12-22-24(26(31)30(16)7-5-6-29-8-10-35-11-9-29)23(18(15-27)25(28)36-22)17-13-20(33-3)21(34-4)14-19(17)32-2/h12-14,23H,5-11,28H2,1-4H3/t23-/m1/s1. The number of aryl methyl sites for hydroxylation is 1. The number of benzene rings is 1. The predicted molar refractivity (Wildman–Crippen MR) is 133 cm³/mol. The molecule has 2 aliphatic rings. The molecule has 36 heavy (non-hydrogen) atoms. The van der Waals surface area contributed by atoms with Crippen LogP contribution in [0.4, 0.5) is 0 Å². The zero-order valence-electron chi connectivity index (χ0n) is 21.1. The summed E-state index contributed by atoms with van der Waals surface area (Å²) < 4.78 is 29.5. The number of pyridine rings is 1. The van der Waals surface area contributed by atoms with Crippen molar-refractivity contribution >= 4 is 0 Å². The Labute approximate surface area is 210 Å². The van der Waals surface area contributed by atoms with Gasteiger partial charge in [-0.1, -0.05) is 0 Å². The highest BCUT2D eigenvalue weighted by molar-refractivity contribution is 5.61. The van der Waals surface area contributed by atoms with Crippen LogP contribution in [-0.2, 0) is 11.3 Å². The van der Waals surface area contributed by atoms with Crippen LogP contribution in [0.3, 0.4) is 0 Å². The molecule has 3 heterocycles. The average molecular weight is 497 g/mol. The maximum atomic E-state index is 13.9. The number of ether oxygens (including phenoxy) is 5. The van der Waals surface area contributed by atoms with Crippen molar-refractivity contribution in [2.45, 2.75) is 25.8 Å². The van der Waals surface area contributed by atoms with E-state index in [9.17, 15) is 10.1 Å². The highest BCUT2D eigenvalue weighted by atomic mass is 16.5. The number of nitriles is 1. The van der Waals surface area contributed by atoms with Gasteiger partial charge >= 0.3 is 0 Å². The third kappa shape index (κ3) is 4.72. The Balaban J connectivity index is 1.80. The van der Waals surface area contributed by atoms with E-state index in [1.165, 1.54) is 21.3 Å². The van der Waals surface area contributed by atoms with E-state index in [4.69, 9.17) is 29.4 Å². The third-order valence-corrected chi connectivity index (χ3v) is 6.70. The van der Waals surface area contributed by atoms with E-state index < -0.39 is 5.92 Å². The second kappa shape index (κ2) is 10.9. The minimum absolute atomic E-state index is 0.0456. The second-order valence-corrected chi connectivity index (χ2v) is 8.70. The van der Waals surface area contributed by atoms with Crippen molar-refractivity contribution in [3.63, 3.8) is 0 Å². The molecule has 4 rings (SSSR count). The van der Waals surface area contributed by atoms with E-state index in [2.05, 4.69) is 11.0 Å². The molecule has 0 spiro atoms. The van der Waals surface area contributed by atoms with Crippen LogP contribution < -0.4 is 30.2 Å². The van der Waals surface area contributed by atoms with Gasteiger partial charge in [-0.15, -0.1) is 0 Å². The van der Waals surface area contributed by atoms with Gasteiger partial charge in [0.25, 0.3) is 5.56 Å². The Morgan fingerprint density at radius 2 is 1.72 bits per heavy atom. The normalized spacial score (nSPS) is 17.7. The van der Waals surface area contributed by atoms with E-state index >= 15 is 0 Å². The molecule has 0 aliphatic carbocycles. The van der Waals surface area contributed by atoms with Crippen molar-refractivity contribution in [3.05, 3.63) is 56.8 Å². The fraction of sp³-hybridized carbons (Fsp3) is 0.462. The topological polar surface area (TPSA) is 121 Å². The lowest BCUT2D eigenvalue weighted by molar-refractivity contribution is 0.0369. The molecule has 1 saturated heterocycles. The zero-order valence-corrected chi connectivity index (χ0v) is 21.1. The first-order chi connectivity index (χ1) is 17.4. The second-order valence-electron chi connectivity index (χ2n) is 8.70. The van der Waals surface area contributed by atoms with E-state index in [0.29, 0.717) is 40.7 Å². The van der Waals surface area contributed by atoms with Gasteiger partial charge in [0, 0.05) is 49.6 Å². The van der Waals surface area contributed by atoms with Crippen molar-refractivity contribution in [3.8, 4) is 29.1 Å². The van der Waals surface area contributed by atoms with E-state index in [0.717, 1.165) is 45.0 Å². The predicted octanol–water partition coefficient (Wildman–Crippen LogP) is 2.12. The molecule has 0 bridgehead atoms. The average Bonchev–Trinajstić information content (AvgIpc) is 2.89. The van der Waals surface area contributed by atoms with Crippen molar-refractivity contribution in [2.75, 3.05) is 54.2 Å². The third-order valence-electron chi connectivity index (χ3n) is 6.70. The first-order valence-electron chi connectivity index (χ1n) is 11.8. The number of rotatable bonds is 8. The maximum Gasteiger partial charge on any atom is 0.258 e. The number of hydrogen-bond donors (Lipinski definition) is 1. The summed E-state index contributed by atoms with van der Waals surface area (Å²) in [5, 5.41) is 10.0. The minimum Gasteiger partial charge on any atom is -0.496 e. The number of morpholine rings is 1. The van der Waals surface area contributed by atoms with Crippen LogP contribution in [0.5, 0.6) is 23.0 Å². The van der Waals surface area contributed by atoms with Crippen molar-refractivity contribution in [1.82, 2.24) is 9.47 Å². The Kier molecular flexibility index (Phi) is 7.72. The Morgan fingerprint density at radius 1 is 1.06 bits per heavy atom. The summed E-state index contributed by atoms with van der Waals surface area (Å²) in [7, 11) is 4.56. The van der Waals surface area contributed by atoms with Crippen LogP contribution in [0, 0.1) is 18.3 Å². The van der Waals surface area contributed by atoms with Crippen LogP contribution in [0.2, 0.25) is 0 Å². The summed E-state index contributed by atoms with van der Waals surface area (Å²) in [6.07, 6.45) is 0.799. The summed E-state index contributed by atoms with van der Waals surface area (Å²) in [6, 6.07) is 7.32. The van der Waals surface area contributed by atoms with Crippen LogP contribution in [0.1, 0.15) is 29.2 Å². The van der Waals surface area contributed by atoms with Gasteiger partial charge in [-0.3, -0.25) is 9.69 Å². The van der Waals surface area contributed by atoms with Gasteiger partial charge < -0.3 is 34.0 Å². The van der Waals surface area contributed by atoms with Gasteiger partial charge in [0.15, 0.2) is 11.5 Å². The molecule has 1 atom stereocenters. The van der Waals surface area contributed by atoms with Crippen molar-refractivity contribution in [1.29, 1.82) is 5.26 Å². The summed E-state index contributed by atoms with van der Waals surface area (Å²) in [4.78, 5) is 16.3. The molecule has 10 nitrogen and oxygen atoms in total. The van der Waals surface area contributed by atoms with E-state index in [1.54, 1.807) is 22.8 Å². The van der Waals surface area contributed by atoms with Crippen LogP contribution in [0.15, 0.2) is 34.4 Å². The first-order valence-corrected chi connectivity index (χ1v) is 11.8. The fourth-order valence-electron chi connectivity index (χ4n) is 4.83. The molecular formula is C26H32N4O6. The van der Waals surface area contributed by atoms with Gasteiger partial charge in [-0.2, -0.15) is 5.26 Å². The van der Waals surface area contributed by atoms with Crippen molar-refractivity contribution in [2.24, 2.45) is 5.73 Å². The van der Waals surface area contributed by atoms with E-state index in [1.807, 2.05) is 6.92 Å². The van der Waals surface area contributed by atoms with Gasteiger partial charge in [-0.25, -0.2) is 0 Å². The van der Waals surface area contributed by atoms with Gasteiger partial charge in [0.05, 0.1) is 46.0 Å². The summed E-state index contributed by atoms with van der Waals surface area (Å²) >= 11 is 0. The Hall–Kier alpha value is -3.68. The number of aromatic nitrogens is 1. The Morgan fingerprint density at radius 3 is 2.36 bits per heavy atom. The molecule has 192 valence electrons. The van der Waals surface area contributed by atoms with E-state index in [-0.39, 0.29) is 17.0 Å². The smallest absolute Gasteiger partial charge is 0.258 e. The lowest BCUT2D eigenvalue weighted by Gasteiger charge is -2.29.